The van der Waals surface area contributed by atoms with Crippen LogP contribution in [0, 0.1) is 5.41 Å². The lowest BCUT2D eigenvalue weighted by Crippen LogP contribution is -2.36. The van der Waals surface area contributed by atoms with E-state index in [9.17, 15) is 9.59 Å². The van der Waals surface area contributed by atoms with Crippen molar-refractivity contribution in [2.75, 3.05) is 11.9 Å². The van der Waals surface area contributed by atoms with Gasteiger partial charge in [-0.1, -0.05) is 19.3 Å². The van der Waals surface area contributed by atoms with Gasteiger partial charge < -0.3 is 16.4 Å². The number of amides is 2. The van der Waals surface area contributed by atoms with Crippen LogP contribution in [0.4, 0.5) is 5.69 Å². The molecular weight excluding hydrogens is 306 g/mol. The highest BCUT2D eigenvalue weighted by Crippen LogP contribution is 2.38. The Balaban J connectivity index is 1.49. The lowest BCUT2D eigenvalue weighted by Gasteiger charge is -2.35. The van der Waals surface area contributed by atoms with Crippen molar-refractivity contribution in [2.45, 2.75) is 64.0 Å². The van der Waals surface area contributed by atoms with E-state index in [0.717, 1.165) is 38.5 Å². The number of rotatable bonds is 7. The summed E-state index contributed by atoms with van der Waals surface area (Å²) in [6, 6.07) is 0.343. The monoisotopic (exact) mass is 333 g/mol. The van der Waals surface area contributed by atoms with E-state index in [-0.39, 0.29) is 23.8 Å². The number of hydrogen-bond donors (Lipinski definition) is 3. The van der Waals surface area contributed by atoms with Gasteiger partial charge in [0.15, 0.2) is 0 Å². The number of hydrogen-bond acceptors (Lipinski definition) is 4. The van der Waals surface area contributed by atoms with Crippen molar-refractivity contribution in [3.05, 3.63) is 12.4 Å². The lowest BCUT2D eigenvalue weighted by atomic mass is 9.71. The summed E-state index contributed by atoms with van der Waals surface area (Å²) in [6.45, 7) is 0.736. The van der Waals surface area contributed by atoms with Gasteiger partial charge in [0.2, 0.25) is 11.8 Å². The number of carbonyl (C=O) groups excluding carboxylic acids is 2. The first-order valence-electron chi connectivity index (χ1n) is 8.90. The van der Waals surface area contributed by atoms with E-state index in [4.69, 9.17) is 5.73 Å². The number of nitrogens with one attached hydrogen (secondary N) is 2. The fourth-order valence-electron chi connectivity index (χ4n) is 3.46. The molecule has 0 atom stereocenters. The van der Waals surface area contributed by atoms with Crippen LogP contribution in [0.2, 0.25) is 0 Å². The maximum absolute atomic E-state index is 12.3. The van der Waals surface area contributed by atoms with Crippen LogP contribution in [0.15, 0.2) is 12.4 Å². The molecule has 1 aromatic heterocycles. The van der Waals surface area contributed by atoms with Crippen molar-refractivity contribution in [1.29, 1.82) is 0 Å². The van der Waals surface area contributed by atoms with E-state index in [2.05, 4.69) is 15.7 Å². The smallest absolute Gasteiger partial charge is 0.241 e. The molecule has 1 heterocycles. The largest absolute Gasteiger partial charge is 0.352 e. The van der Waals surface area contributed by atoms with Crippen LogP contribution in [-0.2, 0) is 16.1 Å². The van der Waals surface area contributed by atoms with Crippen molar-refractivity contribution < 1.29 is 9.59 Å². The number of nitrogens with two attached hydrogens (primary N) is 1. The Morgan fingerprint density at radius 1 is 1.25 bits per heavy atom. The molecule has 0 bridgehead atoms. The van der Waals surface area contributed by atoms with Gasteiger partial charge in [0.25, 0.3) is 0 Å². The first kappa shape index (κ1) is 17.0. The zero-order valence-corrected chi connectivity index (χ0v) is 14.1. The van der Waals surface area contributed by atoms with E-state index >= 15 is 0 Å². The van der Waals surface area contributed by atoms with Gasteiger partial charge in [0.05, 0.1) is 11.9 Å². The van der Waals surface area contributed by atoms with Crippen molar-refractivity contribution in [3.8, 4) is 0 Å². The third kappa shape index (κ3) is 4.56. The molecular formula is C17H27N5O2. The molecule has 2 aliphatic carbocycles. The van der Waals surface area contributed by atoms with Gasteiger partial charge in [0.1, 0.15) is 6.54 Å². The maximum atomic E-state index is 12.3. The molecule has 24 heavy (non-hydrogen) atoms. The second kappa shape index (κ2) is 7.34. The zero-order valence-electron chi connectivity index (χ0n) is 14.1. The minimum atomic E-state index is -0.0531. The van der Waals surface area contributed by atoms with Crippen LogP contribution in [0.1, 0.15) is 51.4 Å². The molecule has 0 aromatic carbocycles. The number of anilines is 1. The minimum Gasteiger partial charge on any atom is -0.352 e. The maximum Gasteiger partial charge on any atom is 0.241 e. The predicted molar refractivity (Wildman–Crippen MR) is 91.2 cm³/mol. The average Bonchev–Trinajstić information content (AvgIpc) is 3.26. The number of carbonyl (C=O) groups is 2. The molecule has 7 nitrogen and oxygen atoms in total. The summed E-state index contributed by atoms with van der Waals surface area (Å²) in [6.07, 6.45) is 11.4. The standard InChI is InChI=1S/C17H27N5O2/c18-12-17(6-2-1-3-7-17)8-15(23)21-14-9-19-22(10-14)11-16(24)20-13-4-5-13/h9-10,13H,1-8,11-12,18H2,(H,20,24)(H,21,23). The average molecular weight is 333 g/mol. The summed E-state index contributed by atoms with van der Waals surface area (Å²) in [5, 5.41) is 9.94. The Morgan fingerprint density at radius 3 is 2.67 bits per heavy atom. The second-order valence-electron chi connectivity index (χ2n) is 7.26. The molecule has 2 amide bonds. The molecule has 7 heteroatoms. The fourth-order valence-corrected chi connectivity index (χ4v) is 3.46. The molecule has 2 aliphatic rings. The normalized spacial score (nSPS) is 19.7. The molecule has 0 saturated heterocycles. The topological polar surface area (TPSA) is 102 Å². The van der Waals surface area contributed by atoms with Crippen LogP contribution >= 0.6 is 0 Å². The Labute approximate surface area is 142 Å². The second-order valence-corrected chi connectivity index (χ2v) is 7.26. The Morgan fingerprint density at radius 2 is 2.00 bits per heavy atom. The highest BCUT2D eigenvalue weighted by molar-refractivity contribution is 5.91. The van der Waals surface area contributed by atoms with Crippen LogP contribution in [-0.4, -0.2) is 34.2 Å². The third-order valence-electron chi connectivity index (χ3n) is 5.05. The van der Waals surface area contributed by atoms with E-state index in [0.29, 0.717) is 24.7 Å². The van der Waals surface area contributed by atoms with Crippen LogP contribution in [0.25, 0.3) is 0 Å². The van der Waals surface area contributed by atoms with E-state index < -0.39 is 0 Å². The molecule has 3 rings (SSSR count). The van der Waals surface area contributed by atoms with Gasteiger partial charge >= 0.3 is 0 Å². The highest BCUT2D eigenvalue weighted by atomic mass is 16.2. The predicted octanol–water partition coefficient (Wildman–Crippen LogP) is 1.40. The van der Waals surface area contributed by atoms with Crippen molar-refractivity contribution >= 4 is 17.5 Å². The summed E-state index contributed by atoms with van der Waals surface area (Å²) in [4.78, 5) is 24.1. The van der Waals surface area contributed by atoms with Gasteiger partial charge in [-0.3, -0.25) is 14.3 Å². The van der Waals surface area contributed by atoms with Crippen LogP contribution < -0.4 is 16.4 Å². The van der Waals surface area contributed by atoms with Crippen molar-refractivity contribution in [1.82, 2.24) is 15.1 Å². The number of nitrogens with zero attached hydrogens (tertiary/aromatic N) is 2. The van der Waals surface area contributed by atoms with Gasteiger partial charge in [-0.2, -0.15) is 5.10 Å². The Kier molecular flexibility index (Phi) is 5.18. The van der Waals surface area contributed by atoms with E-state index in [1.54, 1.807) is 17.1 Å². The highest BCUT2D eigenvalue weighted by Gasteiger charge is 2.33. The SMILES string of the molecule is NCC1(CC(=O)Nc2cnn(CC(=O)NC3CC3)c2)CCCCC1. The van der Waals surface area contributed by atoms with Crippen LogP contribution in [0.3, 0.4) is 0 Å². The number of aromatic nitrogens is 2. The lowest BCUT2D eigenvalue weighted by molar-refractivity contribution is -0.122. The summed E-state index contributed by atoms with van der Waals surface area (Å²) in [5.41, 5.74) is 6.52. The van der Waals surface area contributed by atoms with E-state index in [1.165, 1.54) is 6.42 Å². The molecule has 0 aliphatic heterocycles. The molecule has 2 fully saturated rings. The van der Waals surface area contributed by atoms with Gasteiger partial charge in [-0.15, -0.1) is 0 Å². The summed E-state index contributed by atoms with van der Waals surface area (Å²) in [5.74, 6) is -0.0629. The molecule has 0 spiro atoms. The minimum absolute atomic E-state index is 0.0238. The summed E-state index contributed by atoms with van der Waals surface area (Å²) in [7, 11) is 0. The van der Waals surface area contributed by atoms with E-state index in [1.807, 2.05) is 0 Å². The first-order chi connectivity index (χ1) is 11.6. The molecule has 0 unspecified atom stereocenters. The summed E-state index contributed by atoms with van der Waals surface area (Å²) < 4.78 is 1.55. The Bertz CT molecular complexity index is 588. The van der Waals surface area contributed by atoms with Crippen molar-refractivity contribution in [3.63, 3.8) is 0 Å². The molecule has 132 valence electrons. The summed E-state index contributed by atoms with van der Waals surface area (Å²) >= 11 is 0. The third-order valence-corrected chi connectivity index (χ3v) is 5.05. The van der Waals surface area contributed by atoms with Crippen LogP contribution in [0.5, 0.6) is 0 Å². The quantitative estimate of drug-likeness (QED) is 0.702. The fraction of sp³-hybridized carbons (Fsp3) is 0.706. The van der Waals surface area contributed by atoms with Gasteiger partial charge in [0, 0.05) is 18.7 Å². The molecule has 2 saturated carbocycles. The molecule has 1 aromatic rings. The van der Waals surface area contributed by atoms with Gasteiger partial charge in [-0.25, -0.2) is 0 Å². The zero-order chi connectivity index (χ0) is 17.0. The molecule has 0 radical (unpaired) electrons. The Hall–Kier alpha value is -1.89. The first-order valence-corrected chi connectivity index (χ1v) is 8.90. The molecule has 4 N–H and O–H groups in total. The van der Waals surface area contributed by atoms with Crippen molar-refractivity contribution in [2.24, 2.45) is 11.1 Å². The van der Waals surface area contributed by atoms with Gasteiger partial charge in [-0.05, 0) is 37.6 Å².